The molecule has 4 heteroatoms. The molecule has 2 rings (SSSR count). The first-order valence-electron chi connectivity index (χ1n) is 8.48. The van der Waals surface area contributed by atoms with E-state index >= 15 is 0 Å². The largest absolute Gasteiger partial charge is 0.287 e. The van der Waals surface area contributed by atoms with Crippen molar-refractivity contribution in [3.63, 3.8) is 0 Å². The van der Waals surface area contributed by atoms with Crippen LogP contribution < -0.4 is 0 Å². The normalized spacial score (nSPS) is 18.4. The highest BCUT2D eigenvalue weighted by atomic mass is 32.2. The van der Waals surface area contributed by atoms with E-state index in [1.54, 1.807) is 0 Å². The molecule has 0 spiro atoms. The standard InChI is InChI=1S/C19H26N2OS/c1-4-6-11-20-19-21(12-7-5-2)18(22)17(23-19)14-16-10-8-9-15(3)13-16/h8-10,13-14H,4-7,11-12H2,1-3H3/b17-14-,20-19?. The third-order valence-corrected chi connectivity index (χ3v) is 4.77. The van der Waals surface area contributed by atoms with E-state index < -0.39 is 0 Å². The van der Waals surface area contributed by atoms with Gasteiger partial charge in [0, 0.05) is 13.1 Å². The molecule has 1 saturated heterocycles. The molecule has 23 heavy (non-hydrogen) atoms. The molecule has 0 aromatic heterocycles. The van der Waals surface area contributed by atoms with Crippen LogP contribution >= 0.6 is 11.8 Å². The molecule has 1 fully saturated rings. The molecule has 1 aromatic rings. The fraction of sp³-hybridized carbons (Fsp3) is 0.474. The van der Waals surface area contributed by atoms with E-state index in [0.29, 0.717) is 0 Å². The van der Waals surface area contributed by atoms with Crippen molar-refractivity contribution in [1.82, 2.24) is 4.90 Å². The van der Waals surface area contributed by atoms with Crippen LogP contribution in [0.2, 0.25) is 0 Å². The van der Waals surface area contributed by atoms with Gasteiger partial charge in [-0.2, -0.15) is 0 Å². The van der Waals surface area contributed by atoms with E-state index in [9.17, 15) is 4.79 Å². The number of rotatable bonds is 7. The summed E-state index contributed by atoms with van der Waals surface area (Å²) in [6.07, 6.45) is 6.26. The summed E-state index contributed by atoms with van der Waals surface area (Å²) < 4.78 is 0. The Bertz CT molecular complexity index is 607. The van der Waals surface area contributed by atoms with E-state index in [1.807, 2.05) is 23.1 Å². The summed E-state index contributed by atoms with van der Waals surface area (Å²) in [5.74, 6) is 0.0974. The summed E-state index contributed by atoms with van der Waals surface area (Å²) in [5.41, 5.74) is 2.28. The van der Waals surface area contributed by atoms with Gasteiger partial charge >= 0.3 is 0 Å². The number of hydrogen-bond acceptors (Lipinski definition) is 3. The lowest BCUT2D eigenvalue weighted by atomic mass is 10.1. The number of carbonyl (C=O) groups excluding carboxylic acids is 1. The van der Waals surface area contributed by atoms with Gasteiger partial charge in [0.1, 0.15) is 0 Å². The van der Waals surface area contributed by atoms with Crippen molar-refractivity contribution in [1.29, 1.82) is 0 Å². The molecular weight excluding hydrogens is 304 g/mol. The number of aryl methyl sites for hydroxylation is 1. The van der Waals surface area contributed by atoms with Gasteiger partial charge in [-0.3, -0.25) is 14.7 Å². The van der Waals surface area contributed by atoms with Crippen LogP contribution in [0.25, 0.3) is 6.08 Å². The molecule has 1 heterocycles. The molecular formula is C19H26N2OS. The Balaban J connectivity index is 2.21. The minimum atomic E-state index is 0.0974. The predicted molar refractivity (Wildman–Crippen MR) is 101 cm³/mol. The highest BCUT2D eigenvalue weighted by Crippen LogP contribution is 2.32. The van der Waals surface area contributed by atoms with Gasteiger partial charge in [0.15, 0.2) is 5.17 Å². The van der Waals surface area contributed by atoms with Crippen molar-refractivity contribution in [2.75, 3.05) is 13.1 Å². The summed E-state index contributed by atoms with van der Waals surface area (Å²) in [6, 6.07) is 8.23. The number of thioether (sulfide) groups is 1. The van der Waals surface area contributed by atoms with Gasteiger partial charge in [0.25, 0.3) is 5.91 Å². The highest BCUT2D eigenvalue weighted by molar-refractivity contribution is 8.18. The molecule has 1 amide bonds. The van der Waals surface area contributed by atoms with E-state index in [-0.39, 0.29) is 5.91 Å². The molecule has 0 radical (unpaired) electrons. The van der Waals surface area contributed by atoms with Gasteiger partial charge in [-0.25, -0.2) is 0 Å². The van der Waals surface area contributed by atoms with E-state index in [2.05, 4.69) is 37.9 Å². The van der Waals surface area contributed by atoms with Gasteiger partial charge in [-0.15, -0.1) is 0 Å². The number of amides is 1. The summed E-state index contributed by atoms with van der Waals surface area (Å²) in [5, 5.41) is 0.871. The first kappa shape index (κ1) is 17.8. The zero-order valence-electron chi connectivity index (χ0n) is 14.3. The summed E-state index contributed by atoms with van der Waals surface area (Å²) in [4.78, 5) is 20.0. The lowest BCUT2D eigenvalue weighted by Gasteiger charge is -2.14. The molecule has 0 saturated carbocycles. The molecule has 0 aliphatic carbocycles. The second-order valence-electron chi connectivity index (χ2n) is 5.85. The van der Waals surface area contributed by atoms with Crippen LogP contribution in [0.1, 0.15) is 50.7 Å². The van der Waals surface area contributed by atoms with Gasteiger partial charge in [-0.1, -0.05) is 56.5 Å². The smallest absolute Gasteiger partial charge is 0.266 e. The Labute approximate surface area is 143 Å². The zero-order valence-corrected chi connectivity index (χ0v) is 15.2. The van der Waals surface area contributed by atoms with Crippen LogP contribution in [0.3, 0.4) is 0 Å². The Hall–Kier alpha value is -1.55. The molecule has 1 aromatic carbocycles. The van der Waals surface area contributed by atoms with Crippen molar-refractivity contribution in [2.24, 2.45) is 4.99 Å². The Morgan fingerprint density at radius 2 is 2.00 bits per heavy atom. The number of unbranched alkanes of at least 4 members (excludes halogenated alkanes) is 2. The number of carbonyl (C=O) groups is 1. The van der Waals surface area contributed by atoms with E-state index in [0.717, 1.165) is 54.4 Å². The topological polar surface area (TPSA) is 32.7 Å². The molecule has 1 aliphatic rings. The van der Waals surface area contributed by atoms with Crippen LogP contribution in [0.4, 0.5) is 0 Å². The lowest BCUT2D eigenvalue weighted by Crippen LogP contribution is -2.30. The Kier molecular flexibility index (Phi) is 6.90. The summed E-state index contributed by atoms with van der Waals surface area (Å²) in [6.45, 7) is 7.93. The van der Waals surface area contributed by atoms with Crippen molar-refractivity contribution in [3.05, 3.63) is 40.3 Å². The van der Waals surface area contributed by atoms with Gasteiger partial charge in [0.05, 0.1) is 4.91 Å². The predicted octanol–water partition coefficient (Wildman–Crippen LogP) is 4.87. The minimum Gasteiger partial charge on any atom is -0.287 e. The van der Waals surface area contributed by atoms with Gasteiger partial charge in [-0.05, 0) is 43.2 Å². The molecule has 124 valence electrons. The average molecular weight is 330 g/mol. The highest BCUT2D eigenvalue weighted by Gasteiger charge is 2.32. The molecule has 0 N–H and O–H groups in total. The van der Waals surface area contributed by atoms with Crippen LogP contribution in [0.5, 0.6) is 0 Å². The van der Waals surface area contributed by atoms with Gasteiger partial charge in [0.2, 0.25) is 0 Å². The number of hydrogen-bond donors (Lipinski definition) is 0. The van der Waals surface area contributed by atoms with Crippen molar-refractivity contribution in [2.45, 2.75) is 46.5 Å². The second kappa shape index (κ2) is 8.92. The summed E-state index contributed by atoms with van der Waals surface area (Å²) >= 11 is 1.52. The maximum absolute atomic E-state index is 12.7. The fourth-order valence-corrected chi connectivity index (χ4v) is 3.41. The third kappa shape index (κ3) is 4.96. The zero-order chi connectivity index (χ0) is 16.7. The first-order chi connectivity index (χ1) is 11.2. The van der Waals surface area contributed by atoms with Crippen molar-refractivity contribution in [3.8, 4) is 0 Å². The van der Waals surface area contributed by atoms with E-state index in [4.69, 9.17) is 0 Å². The average Bonchev–Trinajstić information content (AvgIpc) is 2.81. The number of aliphatic imine (C=N–C) groups is 1. The quantitative estimate of drug-likeness (QED) is 0.528. The number of nitrogens with zero attached hydrogens (tertiary/aromatic N) is 2. The third-order valence-electron chi connectivity index (χ3n) is 3.72. The maximum atomic E-state index is 12.7. The van der Waals surface area contributed by atoms with Crippen LogP contribution in [0.15, 0.2) is 34.2 Å². The molecule has 0 atom stereocenters. The molecule has 0 unspecified atom stereocenters. The summed E-state index contributed by atoms with van der Waals surface area (Å²) in [7, 11) is 0. The fourth-order valence-electron chi connectivity index (χ4n) is 2.38. The SMILES string of the molecule is CCCCN=C1S/C(=C\c2cccc(C)c2)C(=O)N1CCCC. The number of amidine groups is 1. The van der Waals surface area contributed by atoms with Crippen LogP contribution in [-0.2, 0) is 4.79 Å². The minimum absolute atomic E-state index is 0.0974. The first-order valence-corrected chi connectivity index (χ1v) is 9.30. The molecule has 3 nitrogen and oxygen atoms in total. The van der Waals surface area contributed by atoms with Crippen LogP contribution in [0, 0.1) is 6.92 Å². The second-order valence-corrected chi connectivity index (χ2v) is 6.86. The maximum Gasteiger partial charge on any atom is 0.266 e. The Morgan fingerprint density at radius 3 is 2.70 bits per heavy atom. The monoisotopic (exact) mass is 330 g/mol. The lowest BCUT2D eigenvalue weighted by molar-refractivity contribution is -0.122. The van der Waals surface area contributed by atoms with Gasteiger partial charge < -0.3 is 0 Å². The molecule has 0 bridgehead atoms. The Morgan fingerprint density at radius 1 is 1.22 bits per heavy atom. The number of benzene rings is 1. The van der Waals surface area contributed by atoms with E-state index in [1.165, 1.54) is 17.3 Å². The van der Waals surface area contributed by atoms with Crippen LogP contribution in [-0.4, -0.2) is 29.1 Å². The van der Waals surface area contributed by atoms with Crippen molar-refractivity contribution >= 4 is 28.9 Å². The molecule has 1 aliphatic heterocycles. The van der Waals surface area contributed by atoms with Crippen molar-refractivity contribution < 1.29 is 4.79 Å².